The minimum absolute atomic E-state index is 0.346. The van der Waals surface area contributed by atoms with Crippen molar-refractivity contribution >= 4 is 21.6 Å². The van der Waals surface area contributed by atoms with Gasteiger partial charge in [-0.05, 0) is 35.9 Å². The zero-order valence-electron chi connectivity index (χ0n) is 11.0. The lowest BCUT2D eigenvalue weighted by atomic mass is 10.2. The number of benzene rings is 2. The fraction of sp³-hybridized carbons (Fsp3) is 0.0667. The maximum Gasteiger partial charge on any atom is 0.150 e. The van der Waals surface area contributed by atoms with Gasteiger partial charge in [0.2, 0.25) is 0 Å². The third kappa shape index (κ3) is 3.28. The van der Waals surface area contributed by atoms with Gasteiger partial charge >= 0.3 is 0 Å². The van der Waals surface area contributed by atoms with Crippen LogP contribution < -0.4 is 5.32 Å². The highest BCUT2D eigenvalue weighted by molar-refractivity contribution is 9.10. The molecule has 0 fully saturated rings. The molecule has 0 spiro atoms. The van der Waals surface area contributed by atoms with Crippen molar-refractivity contribution in [2.24, 2.45) is 0 Å². The lowest BCUT2D eigenvalue weighted by Crippen LogP contribution is -2.02. The molecule has 6 heteroatoms. The predicted molar refractivity (Wildman–Crippen MR) is 82.8 cm³/mol. The normalized spacial score (nSPS) is 10.6. The highest BCUT2D eigenvalue weighted by Gasteiger charge is 2.06. The Morgan fingerprint density at radius 2 is 1.95 bits per heavy atom. The summed E-state index contributed by atoms with van der Waals surface area (Å²) in [5.74, 6) is -0.346. The molecule has 1 aromatic heterocycles. The van der Waals surface area contributed by atoms with Gasteiger partial charge in [-0.15, -0.1) is 0 Å². The van der Waals surface area contributed by atoms with Crippen molar-refractivity contribution in [3.05, 3.63) is 71.0 Å². The maximum absolute atomic E-state index is 14.1. The molecule has 0 saturated carbocycles. The molecule has 0 unspecified atom stereocenters. The van der Waals surface area contributed by atoms with E-state index in [0.717, 1.165) is 15.7 Å². The van der Waals surface area contributed by atoms with E-state index in [2.05, 4.69) is 31.3 Å². The Balaban J connectivity index is 1.72. The van der Waals surface area contributed by atoms with Gasteiger partial charge in [-0.2, -0.15) is 5.10 Å². The van der Waals surface area contributed by atoms with Crippen LogP contribution in [0.3, 0.4) is 0 Å². The minimum atomic E-state index is -0.346. The third-order valence-electron chi connectivity index (χ3n) is 3.02. The molecule has 3 aromatic rings. The number of nitrogens with one attached hydrogen (secondary N) is 1. The summed E-state index contributed by atoms with van der Waals surface area (Å²) in [6.45, 7) is 0.634. The van der Waals surface area contributed by atoms with Gasteiger partial charge in [0.05, 0.1) is 0 Å². The fourth-order valence-corrected chi connectivity index (χ4v) is 2.21. The van der Waals surface area contributed by atoms with Crippen LogP contribution in [0.2, 0.25) is 0 Å². The molecule has 106 valence electrons. The van der Waals surface area contributed by atoms with Gasteiger partial charge in [-0.25, -0.2) is 14.1 Å². The van der Waals surface area contributed by atoms with Crippen LogP contribution in [0.15, 0.2) is 59.6 Å². The number of anilines is 1. The van der Waals surface area contributed by atoms with Gasteiger partial charge in [0.1, 0.15) is 18.3 Å². The van der Waals surface area contributed by atoms with Gasteiger partial charge in [0.15, 0.2) is 5.82 Å². The van der Waals surface area contributed by atoms with Crippen LogP contribution >= 0.6 is 15.9 Å². The van der Waals surface area contributed by atoms with Crippen LogP contribution in [0.4, 0.5) is 10.1 Å². The van der Waals surface area contributed by atoms with Crippen LogP contribution in [0.5, 0.6) is 0 Å². The maximum atomic E-state index is 14.1. The Morgan fingerprint density at radius 1 is 1.14 bits per heavy atom. The summed E-state index contributed by atoms with van der Waals surface area (Å²) < 4.78 is 16.5. The van der Waals surface area contributed by atoms with E-state index in [1.54, 1.807) is 6.07 Å². The summed E-state index contributed by atoms with van der Waals surface area (Å²) in [6.07, 6.45) is 2.84. The van der Waals surface area contributed by atoms with Crippen LogP contribution in [-0.2, 0) is 6.54 Å². The first-order valence-corrected chi connectivity index (χ1v) is 7.14. The molecule has 0 amide bonds. The molecular formula is C15H12BrFN4. The van der Waals surface area contributed by atoms with E-state index in [1.807, 2.05) is 30.3 Å². The Labute approximate surface area is 129 Å². The molecule has 0 bridgehead atoms. The van der Waals surface area contributed by atoms with Crippen molar-refractivity contribution in [3.63, 3.8) is 0 Å². The summed E-state index contributed by atoms with van der Waals surface area (Å²) in [4.78, 5) is 3.81. The zero-order chi connectivity index (χ0) is 14.7. The van der Waals surface area contributed by atoms with Gasteiger partial charge in [0, 0.05) is 16.7 Å². The molecule has 1 N–H and O–H groups in total. The van der Waals surface area contributed by atoms with Gasteiger partial charge < -0.3 is 5.32 Å². The quantitative estimate of drug-likeness (QED) is 0.781. The monoisotopic (exact) mass is 346 g/mol. The van der Waals surface area contributed by atoms with Crippen LogP contribution in [-0.4, -0.2) is 14.8 Å². The minimum Gasteiger partial charge on any atom is -0.381 e. The van der Waals surface area contributed by atoms with Crippen LogP contribution in [0.1, 0.15) is 5.56 Å². The second-order valence-corrected chi connectivity index (χ2v) is 5.40. The Hall–Kier alpha value is -2.21. The highest BCUT2D eigenvalue weighted by Crippen LogP contribution is 2.18. The summed E-state index contributed by atoms with van der Waals surface area (Å²) >= 11 is 3.39. The van der Waals surface area contributed by atoms with Crippen molar-refractivity contribution in [2.45, 2.75) is 6.54 Å². The van der Waals surface area contributed by atoms with Crippen LogP contribution in [0, 0.1) is 5.82 Å². The highest BCUT2D eigenvalue weighted by atomic mass is 79.9. The largest absolute Gasteiger partial charge is 0.381 e. The van der Waals surface area contributed by atoms with Crippen molar-refractivity contribution in [1.29, 1.82) is 0 Å². The predicted octanol–water partition coefficient (Wildman–Crippen LogP) is 3.78. The average molecular weight is 347 g/mol. The summed E-state index contributed by atoms with van der Waals surface area (Å²) in [7, 11) is 0. The average Bonchev–Trinajstić information content (AvgIpc) is 3.01. The topological polar surface area (TPSA) is 42.7 Å². The molecule has 0 atom stereocenters. The van der Waals surface area contributed by atoms with E-state index in [-0.39, 0.29) is 5.82 Å². The number of aromatic nitrogens is 3. The van der Waals surface area contributed by atoms with Crippen molar-refractivity contribution in [2.75, 3.05) is 5.32 Å². The van der Waals surface area contributed by atoms with Crippen molar-refractivity contribution in [3.8, 4) is 5.69 Å². The van der Waals surface area contributed by atoms with E-state index < -0.39 is 0 Å². The van der Waals surface area contributed by atoms with Gasteiger partial charge in [-0.3, -0.25) is 0 Å². The molecule has 0 aliphatic carbocycles. The first-order chi connectivity index (χ1) is 10.2. The first-order valence-electron chi connectivity index (χ1n) is 6.35. The molecule has 21 heavy (non-hydrogen) atoms. The van der Waals surface area contributed by atoms with Crippen molar-refractivity contribution in [1.82, 2.24) is 14.8 Å². The molecule has 2 aromatic carbocycles. The SMILES string of the molecule is Fc1cc(NCc2ccc(Br)cc2)ccc1-n1cncn1. The van der Waals surface area contributed by atoms with E-state index in [0.29, 0.717) is 12.2 Å². The Bertz CT molecular complexity index is 726. The molecule has 0 aliphatic heterocycles. The lowest BCUT2D eigenvalue weighted by Gasteiger charge is -2.09. The Morgan fingerprint density at radius 3 is 2.62 bits per heavy atom. The van der Waals surface area contributed by atoms with Gasteiger partial charge in [0.25, 0.3) is 0 Å². The third-order valence-corrected chi connectivity index (χ3v) is 3.55. The van der Waals surface area contributed by atoms with Gasteiger partial charge in [-0.1, -0.05) is 28.1 Å². The van der Waals surface area contributed by atoms with E-state index >= 15 is 0 Å². The molecule has 4 nitrogen and oxygen atoms in total. The second-order valence-electron chi connectivity index (χ2n) is 4.49. The second kappa shape index (κ2) is 6.05. The molecule has 0 saturated heterocycles. The van der Waals surface area contributed by atoms with Crippen LogP contribution in [0.25, 0.3) is 5.69 Å². The summed E-state index contributed by atoms with van der Waals surface area (Å²) in [5, 5.41) is 7.11. The van der Waals surface area contributed by atoms with Crippen molar-refractivity contribution < 1.29 is 4.39 Å². The van der Waals surface area contributed by atoms with E-state index in [4.69, 9.17) is 0 Å². The molecule has 0 radical (unpaired) electrons. The molecule has 3 rings (SSSR count). The summed E-state index contributed by atoms with van der Waals surface area (Å²) in [5.41, 5.74) is 2.22. The standard InChI is InChI=1S/C15H12BrFN4/c16-12-3-1-11(2-4-12)8-19-13-5-6-15(14(17)7-13)21-10-18-9-20-21/h1-7,9-10,19H,8H2. The molecule has 1 heterocycles. The number of hydrogen-bond acceptors (Lipinski definition) is 3. The summed E-state index contributed by atoms with van der Waals surface area (Å²) in [6, 6.07) is 12.9. The Kier molecular flexibility index (Phi) is 3.96. The molecule has 0 aliphatic rings. The van der Waals surface area contributed by atoms with E-state index in [9.17, 15) is 4.39 Å². The molecular weight excluding hydrogens is 335 g/mol. The first kappa shape index (κ1) is 13.8. The number of nitrogens with zero attached hydrogens (tertiary/aromatic N) is 3. The smallest absolute Gasteiger partial charge is 0.150 e. The number of rotatable bonds is 4. The fourth-order valence-electron chi connectivity index (χ4n) is 1.94. The number of halogens is 2. The number of hydrogen-bond donors (Lipinski definition) is 1. The zero-order valence-corrected chi connectivity index (χ0v) is 12.6. The van der Waals surface area contributed by atoms with E-state index in [1.165, 1.54) is 23.4 Å². The lowest BCUT2D eigenvalue weighted by molar-refractivity contribution is 0.611.